The van der Waals surface area contributed by atoms with Crippen molar-refractivity contribution >= 4 is 85.9 Å². The number of aryl methyl sites for hydroxylation is 1. The first-order chi connectivity index (χ1) is 21.0. The third-order valence-electron chi connectivity index (χ3n) is 6.88. The predicted octanol–water partition coefficient (Wildman–Crippen LogP) is 6.46. The van der Waals surface area contributed by atoms with Gasteiger partial charge in [0.2, 0.25) is 0 Å². The number of thiazole rings is 1. The molecule has 0 amide bonds. The Labute approximate surface area is 288 Å². The molecule has 0 saturated carbocycles. The van der Waals surface area contributed by atoms with Gasteiger partial charge in [-0.1, -0.05) is 47.2 Å². The SMILES string of the molecule is CCOC(=O)C1=C(C)N=c2s/c(=C/c3cc(I)c(OCc4ccc(Cl)cc4)c(I)c3)c(=O)n2[C@@H]1c1ccc(C)c([N+](=O)[O-])c1. The summed E-state index contributed by atoms with van der Waals surface area (Å²) in [5.74, 6) is 0.102. The van der Waals surface area contributed by atoms with Crippen LogP contribution in [-0.4, -0.2) is 22.1 Å². The van der Waals surface area contributed by atoms with Gasteiger partial charge < -0.3 is 9.47 Å². The van der Waals surface area contributed by atoms with Crippen LogP contribution in [0.3, 0.4) is 0 Å². The molecule has 226 valence electrons. The number of aromatic nitrogens is 1. The molecule has 1 atom stereocenters. The first-order valence-corrected chi connectivity index (χ1v) is 16.6. The number of hydrogen-bond acceptors (Lipinski definition) is 8. The number of hydrogen-bond donors (Lipinski definition) is 0. The molecule has 0 N–H and O–H groups in total. The molecule has 1 aliphatic rings. The summed E-state index contributed by atoms with van der Waals surface area (Å²) in [6, 6.07) is 15.1. The maximum atomic E-state index is 14.0. The number of halogens is 3. The maximum Gasteiger partial charge on any atom is 0.338 e. The van der Waals surface area contributed by atoms with E-state index in [4.69, 9.17) is 21.1 Å². The van der Waals surface area contributed by atoms with Gasteiger partial charge >= 0.3 is 5.97 Å². The Hall–Kier alpha value is -3.08. The molecule has 4 aromatic rings. The number of nitrogens with zero attached hydrogens (tertiary/aromatic N) is 3. The van der Waals surface area contributed by atoms with Crippen LogP contribution < -0.4 is 19.6 Å². The molecular formula is C31H24ClI2N3O6S. The lowest BCUT2D eigenvalue weighted by Crippen LogP contribution is -2.40. The number of nitro groups is 1. The van der Waals surface area contributed by atoms with Crippen molar-refractivity contribution < 1.29 is 19.2 Å². The molecule has 44 heavy (non-hydrogen) atoms. The van der Waals surface area contributed by atoms with Crippen molar-refractivity contribution in [3.8, 4) is 5.75 Å². The highest BCUT2D eigenvalue weighted by Gasteiger charge is 2.34. The van der Waals surface area contributed by atoms with Crippen molar-refractivity contribution in [1.82, 2.24) is 4.57 Å². The van der Waals surface area contributed by atoms with E-state index >= 15 is 0 Å². The molecule has 9 nitrogen and oxygen atoms in total. The van der Waals surface area contributed by atoms with Crippen LogP contribution in [0, 0.1) is 24.2 Å². The predicted molar refractivity (Wildman–Crippen MR) is 186 cm³/mol. The number of carbonyl (C=O) groups is 1. The van der Waals surface area contributed by atoms with Crippen molar-refractivity contribution in [2.75, 3.05) is 6.61 Å². The van der Waals surface area contributed by atoms with Crippen LogP contribution in [-0.2, 0) is 16.1 Å². The van der Waals surface area contributed by atoms with Crippen molar-refractivity contribution in [3.63, 3.8) is 0 Å². The standard InChI is InChI=1S/C31H24ClI2N3O6S/c1-4-42-30(39)26-17(3)35-31-36(27(26)20-8-5-16(2)24(14-20)37(40)41)29(38)25(44-31)13-19-11-22(33)28(23(34)12-19)43-15-18-6-9-21(32)10-7-18/h5-14,27H,4,15H2,1-3H3/b25-13+/t27-/m1/s1. The molecule has 0 saturated heterocycles. The molecule has 0 radical (unpaired) electrons. The van der Waals surface area contributed by atoms with E-state index in [2.05, 4.69) is 50.2 Å². The number of carbonyl (C=O) groups excluding carboxylic acids is 1. The number of allylic oxidation sites excluding steroid dienone is 1. The van der Waals surface area contributed by atoms with Crippen LogP contribution in [0.15, 0.2) is 75.7 Å². The summed E-state index contributed by atoms with van der Waals surface area (Å²) in [4.78, 5) is 43.4. The van der Waals surface area contributed by atoms with Crippen LogP contribution in [0.5, 0.6) is 5.75 Å². The highest BCUT2D eigenvalue weighted by atomic mass is 127. The van der Waals surface area contributed by atoms with Crippen molar-refractivity contribution in [1.29, 1.82) is 0 Å². The highest BCUT2D eigenvalue weighted by Crippen LogP contribution is 2.34. The number of fused-ring (bicyclic) bond motifs is 1. The molecule has 2 heterocycles. The highest BCUT2D eigenvalue weighted by molar-refractivity contribution is 14.1. The van der Waals surface area contributed by atoms with E-state index in [0.29, 0.717) is 37.8 Å². The second-order valence-corrected chi connectivity index (χ2v) is 13.6. The second kappa shape index (κ2) is 13.5. The Balaban J connectivity index is 1.58. The van der Waals surface area contributed by atoms with Crippen LogP contribution in [0.1, 0.15) is 42.1 Å². The van der Waals surface area contributed by atoms with E-state index < -0.39 is 16.9 Å². The lowest BCUT2D eigenvalue weighted by Gasteiger charge is -2.24. The summed E-state index contributed by atoms with van der Waals surface area (Å²) >= 11 is 11.6. The number of nitro benzene ring substituents is 1. The Morgan fingerprint density at radius 2 is 1.82 bits per heavy atom. The molecule has 1 aliphatic heterocycles. The molecule has 0 unspecified atom stereocenters. The fourth-order valence-electron chi connectivity index (χ4n) is 4.79. The van der Waals surface area contributed by atoms with E-state index in [1.807, 2.05) is 36.4 Å². The zero-order chi connectivity index (χ0) is 31.7. The first-order valence-electron chi connectivity index (χ1n) is 13.3. The zero-order valence-corrected chi connectivity index (χ0v) is 29.5. The molecule has 3 aromatic carbocycles. The maximum absolute atomic E-state index is 14.0. The minimum Gasteiger partial charge on any atom is -0.487 e. The van der Waals surface area contributed by atoms with E-state index in [1.165, 1.54) is 22.0 Å². The van der Waals surface area contributed by atoms with Gasteiger partial charge in [-0.05, 0) is 113 Å². The molecule has 0 bridgehead atoms. The van der Waals surface area contributed by atoms with Crippen LogP contribution >= 0.6 is 68.1 Å². The Bertz CT molecular complexity index is 2000. The van der Waals surface area contributed by atoms with E-state index in [9.17, 15) is 19.7 Å². The fraction of sp³-hybridized carbons (Fsp3) is 0.194. The van der Waals surface area contributed by atoms with Crippen molar-refractivity contribution in [3.05, 3.63) is 130 Å². The quantitative estimate of drug-likeness (QED) is 0.0872. The van der Waals surface area contributed by atoms with Crippen molar-refractivity contribution in [2.45, 2.75) is 33.4 Å². The number of esters is 1. The fourth-order valence-corrected chi connectivity index (χ4v) is 8.09. The minimum absolute atomic E-state index is 0.106. The van der Waals surface area contributed by atoms with E-state index in [0.717, 1.165) is 24.0 Å². The lowest BCUT2D eigenvalue weighted by molar-refractivity contribution is -0.385. The number of ether oxygens (including phenoxy) is 2. The van der Waals surface area contributed by atoms with Crippen LogP contribution in [0.25, 0.3) is 6.08 Å². The molecule has 0 aliphatic carbocycles. The first kappa shape index (κ1) is 32.3. The molecular weight excluding hydrogens is 832 g/mol. The average Bonchev–Trinajstić information content (AvgIpc) is 3.26. The molecule has 5 rings (SSSR count). The normalized spacial score (nSPS) is 14.7. The largest absolute Gasteiger partial charge is 0.487 e. The number of benzene rings is 3. The second-order valence-electron chi connectivity index (χ2n) is 9.83. The molecule has 0 fully saturated rings. The summed E-state index contributed by atoms with van der Waals surface area (Å²) in [5, 5.41) is 12.4. The van der Waals surface area contributed by atoms with Gasteiger partial charge in [-0.3, -0.25) is 19.5 Å². The van der Waals surface area contributed by atoms with Crippen molar-refractivity contribution in [2.24, 2.45) is 4.99 Å². The van der Waals surface area contributed by atoms with Gasteiger partial charge in [0.05, 0.1) is 40.5 Å². The monoisotopic (exact) mass is 855 g/mol. The average molecular weight is 856 g/mol. The van der Waals surface area contributed by atoms with Gasteiger partial charge in [0.25, 0.3) is 11.2 Å². The zero-order valence-electron chi connectivity index (χ0n) is 23.6. The summed E-state index contributed by atoms with van der Waals surface area (Å²) in [7, 11) is 0. The summed E-state index contributed by atoms with van der Waals surface area (Å²) in [6.07, 6.45) is 1.77. The minimum atomic E-state index is -0.948. The van der Waals surface area contributed by atoms with E-state index in [-0.39, 0.29) is 23.4 Å². The Morgan fingerprint density at radius 1 is 1.14 bits per heavy atom. The van der Waals surface area contributed by atoms with Gasteiger partial charge in [0, 0.05) is 16.7 Å². The van der Waals surface area contributed by atoms with Gasteiger partial charge in [-0.15, -0.1) is 0 Å². The molecule has 1 aromatic heterocycles. The van der Waals surface area contributed by atoms with Gasteiger partial charge in [-0.25, -0.2) is 9.79 Å². The Morgan fingerprint density at radius 3 is 2.45 bits per heavy atom. The van der Waals surface area contributed by atoms with Crippen LogP contribution in [0.2, 0.25) is 5.02 Å². The smallest absolute Gasteiger partial charge is 0.338 e. The summed E-state index contributed by atoms with van der Waals surface area (Å²) in [5.41, 5.74) is 2.72. The summed E-state index contributed by atoms with van der Waals surface area (Å²) in [6.45, 7) is 5.49. The van der Waals surface area contributed by atoms with Gasteiger partial charge in [-0.2, -0.15) is 0 Å². The lowest BCUT2D eigenvalue weighted by atomic mass is 9.94. The Kier molecular flexibility index (Phi) is 9.92. The number of rotatable bonds is 8. The summed E-state index contributed by atoms with van der Waals surface area (Å²) < 4.78 is 15.0. The third-order valence-corrected chi connectivity index (χ3v) is 9.71. The van der Waals surface area contributed by atoms with Gasteiger partial charge in [0.1, 0.15) is 12.4 Å². The van der Waals surface area contributed by atoms with Crippen LogP contribution in [0.4, 0.5) is 5.69 Å². The molecule has 13 heteroatoms. The van der Waals surface area contributed by atoms with Gasteiger partial charge in [0.15, 0.2) is 4.80 Å². The third kappa shape index (κ3) is 6.62. The molecule has 0 spiro atoms. The topological polar surface area (TPSA) is 113 Å². The van der Waals surface area contributed by atoms with E-state index in [1.54, 1.807) is 39.0 Å².